The topological polar surface area (TPSA) is 154 Å². The van der Waals surface area contributed by atoms with Crippen LogP contribution in [0, 0.1) is 10.1 Å². The number of thiocarbonyl (C=S) groups is 1. The number of rotatable bonds is 8. The highest BCUT2D eigenvalue weighted by Gasteiger charge is 2.38. The van der Waals surface area contributed by atoms with Gasteiger partial charge in [0.15, 0.2) is 5.11 Å². The Morgan fingerprint density at radius 2 is 2.07 bits per heavy atom. The number of imide groups is 1. The molecule has 1 aliphatic rings. The number of hydrogen-bond acceptors (Lipinski definition) is 6. The first-order valence-electron chi connectivity index (χ1n) is 7.91. The third-order valence-corrected chi connectivity index (χ3v) is 3.95. The van der Waals surface area contributed by atoms with Gasteiger partial charge in [0, 0.05) is 12.6 Å². The number of carboxylic acids is 1. The summed E-state index contributed by atoms with van der Waals surface area (Å²) in [6.45, 7) is -0.325. The van der Waals surface area contributed by atoms with Crippen molar-refractivity contribution in [1.29, 1.82) is 0 Å². The van der Waals surface area contributed by atoms with Crippen LogP contribution in [-0.4, -0.2) is 57.1 Å². The monoisotopic (exact) mass is 395 g/mol. The summed E-state index contributed by atoms with van der Waals surface area (Å²) in [4.78, 5) is 45.3. The van der Waals surface area contributed by atoms with Crippen LogP contribution >= 0.6 is 12.2 Å². The predicted molar refractivity (Wildman–Crippen MR) is 98.2 cm³/mol. The molecule has 1 heterocycles. The summed E-state index contributed by atoms with van der Waals surface area (Å²) in [5.74, 6) is -1.85. The number of amides is 3. The van der Waals surface area contributed by atoms with E-state index in [1.54, 1.807) is 12.1 Å². The summed E-state index contributed by atoms with van der Waals surface area (Å²) >= 11 is 5.08. The standard InChI is InChI=1S/C15H17N5O6S/c21-12(22)8-19-13(23)10(18-15(19)24)5-3-7-16-14(27)17-9-4-1-2-6-11(9)20(25)26/h1-2,4,6,10H,3,5,7-8H2,(H,18,24)(H,21,22)(H2,16,17,27). The second kappa shape index (κ2) is 8.89. The molecule has 1 unspecified atom stereocenters. The Kier molecular flexibility index (Phi) is 6.60. The molecule has 0 aliphatic carbocycles. The molecule has 27 heavy (non-hydrogen) atoms. The quantitative estimate of drug-likeness (QED) is 0.163. The number of nitro benzene ring substituents is 1. The van der Waals surface area contributed by atoms with Gasteiger partial charge in [-0.05, 0) is 31.1 Å². The van der Waals surface area contributed by atoms with Gasteiger partial charge in [-0.25, -0.2) is 4.79 Å². The number of carbonyl (C=O) groups excluding carboxylic acids is 2. The van der Waals surface area contributed by atoms with Crippen molar-refractivity contribution in [2.45, 2.75) is 18.9 Å². The Hall–Kier alpha value is -3.28. The second-order valence-electron chi connectivity index (χ2n) is 5.62. The first-order valence-corrected chi connectivity index (χ1v) is 8.32. The van der Waals surface area contributed by atoms with Crippen LogP contribution < -0.4 is 16.0 Å². The minimum Gasteiger partial charge on any atom is -0.480 e. The van der Waals surface area contributed by atoms with E-state index in [2.05, 4.69) is 16.0 Å². The molecule has 0 bridgehead atoms. The van der Waals surface area contributed by atoms with Crippen molar-refractivity contribution in [3.8, 4) is 0 Å². The van der Waals surface area contributed by atoms with Crippen LogP contribution in [0.15, 0.2) is 24.3 Å². The lowest BCUT2D eigenvalue weighted by Gasteiger charge is -2.12. The van der Waals surface area contributed by atoms with Crippen LogP contribution in [0.25, 0.3) is 0 Å². The molecule has 11 nitrogen and oxygen atoms in total. The minimum absolute atomic E-state index is 0.112. The maximum absolute atomic E-state index is 12.0. The van der Waals surface area contributed by atoms with E-state index >= 15 is 0 Å². The van der Waals surface area contributed by atoms with Gasteiger partial charge in [0.1, 0.15) is 18.3 Å². The summed E-state index contributed by atoms with van der Waals surface area (Å²) in [5.41, 5.74) is 0.141. The lowest BCUT2D eigenvalue weighted by Crippen LogP contribution is -2.36. The Bertz CT molecular complexity index is 786. The molecule has 12 heteroatoms. The van der Waals surface area contributed by atoms with E-state index in [-0.39, 0.29) is 16.5 Å². The number of nitrogens with zero attached hydrogens (tertiary/aromatic N) is 2. The van der Waals surface area contributed by atoms with Crippen molar-refractivity contribution in [3.05, 3.63) is 34.4 Å². The molecule has 4 N–H and O–H groups in total. The molecule has 3 amide bonds. The summed E-state index contributed by atoms with van der Waals surface area (Å²) < 4.78 is 0. The Balaban J connectivity index is 1.77. The number of para-hydroxylation sites is 2. The fourth-order valence-electron chi connectivity index (χ4n) is 2.47. The average molecular weight is 395 g/mol. The van der Waals surface area contributed by atoms with Crippen LogP contribution in [0.2, 0.25) is 0 Å². The molecule has 0 saturated carbocycles. The van der Waals surface area contributed by atoms with Gasteiger partial charge in [-0.15, -0.1) is 0 Å². The van der Waals surface area contributed by atoms with Gasteiger partial charge in [0.25, 0.3) is 11.6 Å². The number of urea groups is 1. The van der Waals surface area contributed by atoms with Gasteiger partial charge >= 0.3 is 12.0 Å². The highest BCUT2D eigenvalue weighted by molar-refractivity contribution is 7.80. The smallest absolute Gasteiger partial charge is 0.325 e. The van der Waals surface area contributed by atoms with Gasteiger partial charge in [-0.2, -0.15) is 0 Å². The van der Waals surface area contributed by atoms with Crippen molar-refractivity contribution < 1.29 is 24.4 Å². The zero-order chi connectivity index (χ0) is 20.0. The zero-order valence-corrected chi connectivity index (χ0v) is 14.8. The largest absolute Gasteiger partial charge is 0.480 e. The van der Waals surface area contributed by atoms with Crippen molar-refractivity contribution >= 4 is 46.6 Å². The number of anilines is 1. The lowest BCUT2D eigenvalue weighted by atomic mass is 10.1. The minimum atomic E-state index is -1.27. The average Bonchev–Trinajstić information content (AvgIpc) is 2.86. The summed E-state index contributed by atoms with van der Waals surface area (Å²) in [6, 6.07) is 4.54. The third-order valence-electron chi connectivity index (χ3n) is 3.70. The first kappa shape index (κ1) is 20.0. The lowest BCUT2D eigenvalue weighted by molar-refractivity contribution is -0.383. The number of benzene rings is 1. The number of carboxylic acid groups (broad SMARTS) is 1. The van der Waals surface area contributed by atoms with Crippen molar-refractivity contribution in [3.63, 3.8) is 0 Å². The SMILES string of the molecule is O=C(O)CN1C(=O)NC(CCCNC(=S)Nc2ccccc2[N+](=O)[O-])C1=O. The molecular formula is C15H17N5O6S. The van der Waals surface area contributed by atoms with Crippen LogP contribution in [0.1, 0.15) is 12.8 Å². The fraction of sp³-hybridized carbons (Fsp3) is 0.333. The number of carbonyl (C=O) groups is 3. The van der Waals surface area contributed by atoms with Crippen LogP contribution in [0.5, 0.6) is 0 Å². The van der Waals surface area contributed by atoms with Crippen molar-refractivity contribution in [2.24, 2.45) is 0 Å². The Morgan fingerprint density at radius 1 is 1.37 bits per heavy atom. The Labute approximate surface area is 158 Å². The summed E-state index contributed by atoms with van der Waals surface area (Å²) in [7, 11) is 0. The number of nitro groups is 1. The fourth-order valence-corrected chi connectivity index (χ4v) is 2.68. The molecule has 0 aromatic heterocycles. The summed E-state index contributed by atoms with van der Waals surface area (Å²) in [5, 5.41) is 27.9. The molecule has 144 valence electrons. The van der Waals surface area contributed by atoms with Gasteiger partial charge in [0.05, 0.1) is 4.92 Å². The van der Waals surface area contributed by atoms with Gasteiger partial charge in [0.2, 0.25) is 0 Å². The third kappa shape index (κ3) is 5.34. The highest BCUT2D eigenvalue weighted by Crippen LogP contribution is 2.22. The number of aliphatic carboxylic acids is 1. The van der Waals surface area contributed by atoms with E-state index in [0.717, 1.165) is 0 Å². The van der Waals surface area contributed by atoms with E-state index in [1.165, 1.54) is 12.1 Å². The number of nitrogens with one attached hydrogen (secondary N) is 3. The molecule has 1 aliphatic heterocycles. The molecule has 2 rings (SSSR count). The van der Waals surface area contributed by atoms with Gasteiger partial charge in [-0.3, -0.25) is 24.6 Å². The molecular weight excluding hydrogens is 378 g/mol. The van der Waals surface area contributed by atoms with Gasteiger partial charge in [-0.1, -0.05) is 12.1 Å². The van der Waals surface area contributed by atoms with Gasteiger partial charge < -0.3 is 21.1 Å². The van der Waals surface area contributed by atoms with Crippen LogP contribution in [0.3, 0.4) is 0 Å². The maximum atomic E-state index is 12.0. The molecule has 1 atom stereocenters. The van der Waals surface area contributed by atoms with Crippen molar-refractivity contribution in [2.75, 3.05) is 18.4 Å². The maximum Gasteiger partial charge on any atom is 0.325 e. The van der Waals surface area contributed by atoms with E-state index < -0.39 is 35.4 Å². The molecule has 1 fully saturated rings. The van der Waals surface area contributed by atoms with E-state index in [4.69, 9.17) is 17.3 Å². The van der Waals surface area contributed by atoms with E-state index in [0.29, 0.717) is 24.3 Å². The molecule has 1 aromatic carbocycles. The van der Waals surface area contributed by atoms with E-state index in [1.807, 2.05) is 0 Å². The predicted octanol–water partition coefficient (Wildman–Crippen LogP) is 0.666. The number of hydrogen-bond donors (Lipinski definition) is 4. The van der Waals surface area contributed by atoms with E-state index in [9.17, 15) is 24.5 Å². The molecule has 1 aromatic rings. The Morgan fingerprint density at radius 3 is 2.74 bits per heavy atom. The zero-order valence-electron chi connectivity index (χ0n) is 14.0. The normalized spacial score (nSPS) is 16.0. The van der Waals surface area contributed by atoms with Crippen molar-refractivity contribution in [1.82, 2.24) is 15.5 Å². The molecule has 1 saturated heterocycles. The first-order chi connectivity index (χ1) is 12.8. The summed E-state index contributed by atoms with van der Waals surface area (Å²) in [6.07, 6.45) is 0.748. The second-order valence-corrected chi connectivity index (χ2v) is 6.03. The molecule has 0 spiro atoms. The van der Waals surface area contributed by atoms with Crippen LogP contribution in [-0.2, 0) is 9.59 Å². The van der Waals surface area contributed by atoms with Crippen LogP contribution in [0.4, 0.5) is 16.2 Å². The highest BCUT2D eigenvalue weighted by atomic mass is 32.1. The molecule has 0 radical (unpaired) electrons.